The van der Waals surface area contributed by atoms with E-state index in [0.29, 0.717) is 20.6 Å². The van der Waals surface area contributed by atoms with Crippen LogP contribution in [0.4, 0.5) is 5.00 Å². The number of thiophene rings is 1. The molecule has 0 saturated heterocycles. The average Bonchev–Trinajstić information content (AvgIpc) is 3.16. The summed E-state index contributed by atoms with van der Waals surface area (Å²) in [4.78, 5) is 37.1. The van der Waals surface area contributed by atoms with Crippen molar-refractivity contribution in [2.45, 2.75) is 6.92 Å². The molecule has 3 aromatic rings. The molecule has 0 spiro atoms. The lowest BCUT2D eigenvalue weighted by molar-refractivity contribution is -0.119. The summed E-state index contributed by atoms with van der Waals surface area (Å²) in [6.45, 7) is 1.44. The molecular formula is C22H18BrNO5S. The number of hydrogen-bond acceptors (Lipinski definition) is 6. The van der Waals surface area contributed by atoms with Crippen LogP contribution in [0.3, 0.4) is 0 Å². The zero-order valence-corrected chi connectivity index (χ0v) is 18.4. The Bertz CT molecular complexity index is 1060. The van der Waals surface area contributed by atoms with Crippen LogP contribution in [0, 0.1) is 0 Å². The summed E-state index contributed by atoms with van der Waals surface area (Å²) in [7, 11) is 0. The van der Waals surface area contributed by atoms with Crippen LogP contribution in [0.25, 0.3) is 11.1 Å². The molecule has 1 amide bonds. The summed E-state index contributed by atoms with van der Waals surface area (Å²) in [5.41, 5.74) is 2.09. The summed E-state index contributed by atoms with van der Waals surface area (Å²) < 4.78 is 10.8. The Kier molecular flexibility index (Phi) is 7.37. The smallest absolute Gasteiger partial charge is 0.341 e. The molecule has 0 fully saturated rings. The SMILES string of the molecule is CCOC(=O)c1c(-c2ccccc2)csc1NC(=O)COC(=O)c1ccccc1Br. The number of hydrogen-bond donors (Lipinski definition) is 1. The number of amides is 1. The van der Waals surface area contributed by atoms with Crippen molar-refractivity contribution in [1.29, 1.82) is 0 Å². The molecule has 8 heteroatoms. The fourth-order valence-corrected chi connectivity index (χ4v) is 4.10. The first-order valence-corrected chi connectivity index (χ1v) is 10.7. The predicted molar refractivity (Wildman–Crippen MR) is 119 cm³/mol. The lowest BCUT2D eigenvalue weighted by atomic mass is 10.0. The second-order valence-corrected chi connectivity index (χ2v) is 7.78. The van der Waals surface area contributed by atoms with Gasteiger partial charge in [0.05, 0.1) is 12.2 Å². The van der Waals surface area contributed by atoms with E-state index in [0.717, 1.165) is 5.56 Å². The molecule has 0 saturated carbocycles. The minimum absolute atomic E-state index is 0.208. The van der Waals surface area contributed by atoms with Gasteiger partial charge < -0.3 is 14.8 Å². The van der Waals surface area contributed by atoms with Crippen LogP contribution in [0.5, 0.6) is 0 Å². The Morgan fingerprint density at radius 2 is 1.67 bits per heavy atom. The van der Waals surface area contributed by atoms with Gasteiger partial charge in [-0.25, -0.2) is 9.59 Å². The van der Waals surface area contributed by atoms with Gasteiger partial charge in [0, 0.05) is 15.4 Å². The van der Waals surface area contributed by atoms with E-state index in [2.05, 4.69) is 21.2 Å². The van der Waals surface area contributed by atoms with Crippen molar-refractivity contribution in [3.05, 3.63) is 75.6 Å². The highest BCUT2D eigenvalue weighted by atomic mass is 79.9. The van der Waals surface area contributed by atoms with Gasteiger partial charge in [0.1, 0.15) is 10.6 Å². The summed E-state index contributed by atoms with van der Waals surface area (Å²) in [5.74, 6) is -1.71. The number of carbonyl (C=O) groups is 3. The lowest BCUT2D eigenvalue weighted by Crippen LogP contribution is -2.22. The maximum absolute atomic E-state index is 12.5. The highest BCUT2D eigenvalue weighted by molar-refractivity contribution is 9.10. The molecule has 0 unspecified atom stereocenters. The molecule has 1 heterocycles. The van der Waals surface area contributed by atoms with E-state index in [-0.39, 0.29) is 12.2 Å². The first-order valence-electron chi connectivity index (χ1n) is 9.06. The first kappa shape index (κ1) is 21.7. The van der Waals surface area contributed by atoms with Crippen LogP contribution in [0.15, 0.2) is 64.5 Å². The molecule has 2 aromatic carbocycles. The Hall–Kier alpha value is -2.97. The summed E-state index contributed by atoms with van der Waals surface area (Å²) in [5, 5.41) is 4.78. The number of anilines is 1. The Morgan fingerprint density at radius 3 is 2.37 bits per heavy atom. The monoisotopic (exact) mass is 487 g/mol. The lowest BCUT2D eigenvalue weighted by Gasteiger charge is -2.09. The molecule has 1 aromatic heterocycles. The number of halogens is 1. The molecule has 6 nitrogen and oxygen atoms in total. The quantitative estimate of drug-likeness (QED) is 0.466. The number of esters is 2. The van der Waals surface area contributed by atoms with Crippen LogP contribution in [-0.4, -0.2) is 31.1 Å². The van der Waals surface area contributed by atoms with Crippen molar-refractivity contribution in [3.63, 3.8) is 0 Å². The number of benzene rings is 2. The van der Waals surface area contributed by atoms with Crippen molar-refractivity contribution in [3.8, 4) is 11.1 Å². The molecule has 0 aliphatic rings. The normalized spacial score (nSPS) is 10.3. The van der Waals surface area contributed by atoms with E-state index in [1.165, 1.54) is 11.3 Å². The van der Waals surface area contributed by atoms with E-state index in [9.17, 15) is 14.4 Å². The summed E-state index contributed by atoms with van der Waals surface area (Å²) >= 11 is 4.48. The van der Waals surface area contributed by atoms with Gasteiger partial charge in [-0.1, -0.05) is 42.5 Å². The first-order chi connectivity index (χ1) is 14.5. The highest BCUT2D eigenvalue weighted by Crippen LogP contribution is 2.36. The number of carbonyl (C=O) groups excluding carboxylic acids is 3. The molecule has 3 rings (SSSR count). The zero-order chi connectivity index (χ0) is 21.5. The van der Waals surface area contributed by atoms with Crippen molar-refractivity contribution < 1.29 is 23.9 Å². The summed E-state index contributed by atoms with van der Waals surface area (Å²) in [6, 6.07) is 16.1. The fourth-order valence-electron chi connectivity index (χ4n) is 2.68. The van der Waals surface area contributed by atoms with Gasteiger partial charge in [0.2, 0.25) is 0 Å². The van der Waals surface area contributed by atoms with E-state index < -0.39 is 24.5 Å². The average molecular weight is 488 g/mol. The number of ether oxygens (including phenoxy) is 2. The predicted octanol–water partition coefficient (Wildman–Crippen LogP) is 5.15. The van der Waals surface area contributed by atoms with Crippen LogP contribution in [-0.2, 0) is 14.3 Å². The fraction of sp³-hybridized carbons (Fsp3) is 0.136. The van der Waals surface area contributed by atoms with Crippen LogP contribution in [0.1, 0.15) is 27.6 Å². The third-order valence-corrected chi connectivity index (χ3v) is 5.62. The van der Waals surface area contributed by atoms with Gasteiger partial charge in [-0.15, -0.1) is 11.3 Å². The molecular weight excluding hydrogens is 470 g/mol. The maximum Gasteiger partial charge on any atom is 0.341 e. The minimum atomic E-state index is -0.626. The molecule has 1 N–H and O–H groups in total. The molecule has 154 valence electrons. The van der Waals surface area contributed by atoms with Gasteiger partial charge in [0.25, 0.3) is 5.91 Å². The Labute approximate surface area is 186 Å². The molecule has 0 atom stereocenters. The van der Waals surface area contributed by atoms with Crippen molar-refractivity contribution in [2.24, 2.45) is 0 Å². The topological polar surface area (TPSA) is 81.7 Å². The van der Waals surface area contributed by atoms with Crippen molar-refractivity contribution >= 4 is 50.1 Å². The maximum atomic E-state index is 12.5. The Balaban J connectivity index is 1.75. The minimum Gasteiger partial charge on any atom is -0.462 e. The molecule has 0 bridgehead atoms. The van der Waals surface area contributed by atoms with Gasteiger partial charge >= 0.3 is 11.9 Å². The van der Waals surface area contributed by atoms with E-state index in [1.807, 2.05) is 30.3 Å². The standard InChI is InChI=1S/C22H18BrNO5S/c1-2-28-22(27)19-16(14-8-4-3-5-9-14)13-30-20(19)24-18(25)12-29-21(26)15-10-6-7-11-17(15)23/h3-11,13H,2,12H2,1H3,(H,24,25). The third-order valence-electron chi connectivity index (χ3n) is 4.04. The highest BCUT2D eigenvalue weighted by Gasteiger charge is 2.23. The molecule has 0 aliphatic heterocycles. The van der Waals surface area contributed by atoms with Crippen LogP contribution in [0.2, 0.25) is 0 Å². The van der Waals surface area contributed by atoms with Crippen LogP contribution < -0.4 is 5.32 Å². The second kappa shape index (κ2) is 10.2. The summed E-state index contributed by atoms with van der Waals surface area (Å²) in [6.07, 6.45) is 0. The van der Waals surface area contributed by atoms with E-state index in [1.54, 1.807) is 36.6 Å². The largest absolute Gasteiger partial charge is 0.462 e. The molecule has 0 radical (unpaired) electrons. The van der Waals surface area contributed by atoms with Gasteiger partial charge in [0.15, 0.2) is 6.61 Å². The van der Waals surface area contributed by atoms with Gasteiger partial charge in [-0.05, 0) is 40.5 Å². The van der Waals surface area contributed by atoms with E-state index in [4.69, 9.17) is 9.47 Å². The van der Waals surface area contributed by atoms with Crippen molar-refractivity contribution in [2.75, 3.05) is 18.5 Å². The third kappa shape index (κ3) is 5.14. The van der Waals surface area contributed by atoms with Crippen molar-refractivity contribution in [1.82, 2.24) is 0 Å². The second-order valence-electron chi connectivity index (χ2n) is 6.04. The molecule has 30 heavy (non-hydrogen) atoms. The van der Waals surface area contributed by atoms with Gasteiger partial charge in [-0.2, -0.15) is 0 Å². The Morgan fingerprint density at radius 1 is 0.967 bits per heavy atom. The zero-order valence-electron chi connectivity index (χ0n) is 16.0. The molecule has 0 aliphatic carbocycles. The van der Waals surface area contributed by atoms with Gasteiger partial charge in [-0.3, -0.25) is 4.79 Å². The number of nitrogens with one attached hydrogen (secondary N) is 1. The van der Waals surface area contributed by atoms with Crippen LogP contribution >= 0.6 is 27.3 Å². The van der Waals surface area contributed by atoms with E-state index >= 15 is 0 Å². The number of rotatable bonds is 7.